The summed E-state index contributed by atoms with van der Waals surface area (Å²) in [5.41, 5.74) is 6.75. The Morgan fingerprint density at radius 3 is 2.40 bits per heavy atom. The predicted molar refractivity (Wildman–Crippen MR) is 73.4 cm³/mol. The molecule has 0 aliphatic heterocycles. The lowest BCUT2D eigenvalue weighted by Gasteiger charge is -2.14. The first kappa shape index (κ1) is 12.3. The van der Waals surface area contributed by atoms with Crippen molar-refractivity contribution in [1.82, 2.24) is 10.1 Å². The highest BCUT2D eigenvalue weighted by molar-refractivity contribution is 6.00. The Morgan fingerprint density at radius 1 is 1.00 bits per heavy atom. The third-order valence-electron chi connectivity index (χ3n) is 3.09. The van der Waals surface area contributed by atoms with Gasteiger partial charge in [0.1, 0.15) is 0 Å². The summed E-state index contributed by atoms with van der Waals surface area (Å²) in [5, 5.41) is 5.07. The van der Waals surface area contributed by atoms with Crippen molar-refractivity contribution in [1.29, 1.82) is 0 Å². The maximum Gasteiger partial charge on any atom is 0.260 e. The van der Waals surface area contributed by atoms with E-state index in [0.29, 0.717) is 33.9 Å². The normalized spacial score (nSPS) is 10.9. The van der Waals surface area contributed by atoms with Crippen LogP contribution < -0.4 is 19.9 Å². The molecule has 104 valence electrons. The molecule has 0 amide bonds. The molecular formula is C13H13N3O4. The Labute approximate surface area is 114 Å². The number of pyridine rings is 1. The number of nitrogen functional groups attached to an aromatic ring is 1. The molecule has 3 aromatic rings. The van der Waals surface area contributed by atoms with Crippen LogP contribution in [0.2, 0.25) is 0 Å². The van der Waals surface area contributed by atoms with Crippen LogP contribution in [0.3, 0.4) is 0 Å². The zero-order valence-corrected chi connectivity index (χ0v) is 11.3. The van der Waals surface area contributed by atoms with Gasteiger partial charge in [-0.25, -0.2) is 4.98 Å². The molecule has 7 heteroatoms. The third-order valence-corrected chi connectivity index (χ3v) is 3.09. The van der Waals surface area contributed by atoms with Gasteiger partial charge in [0.15, 0.2) is 17.3 Å². The highest BCUT2D eigenvalue weighted by Crippen LogP contribution is 2.43. The predicted octanol–water partition coefficient (Wildman–Crippen LogP) is 1.98. The van der Waals surface area contributed by atoms with Crippen molar-refractivity contribution in [3.8, 4) is 17.2 Å². The van der Waals surface area contributed by atoms with E-state index in [-0.39, 0.29) is 5.82 Å². The van der Waals surface area contributed by atoms with E-state index in [2.05, 4.69) is 10.1 Å². The lowest BCUT2D eigenvalue weighted by molar-refractivity contribution is 0.327. The lowest BCUT2D eigenvalue weighted by atomic mass is 10.1. The molecule has 0 radical (unpaired) electrons. The number of aromatic nitrogens is 2. The van der Waals surface area contributed by atoms with E-state index in [4.69, 9.17) is 24.5 Å². The minimum Gasteiger partial charge on any atom is -0.493 e. The average molecular weight is 275 g/mol. The van der Waals surface area contributed by atoms with Gasteiger partial charge in [0, 0.05) is 11.5 Å². The van der Waals surface area contributed by atoms with E-state index in [0.717, 1.165) is 5.39 Å². The highest BCUT2D eigenvalue weighted by atomic mass is 16.5. The van der Waals surface area contributed by atoms with Crippen LogP contribution in [0.5, 0.6) is 17.2 Å². The molecule has 2 N–H and O–H groups in total. The molecule has 0 aliphatic carbocycles. The number of nitrogens with zero attached hydrogens (tertiary/aromatic N) is 2. The van der Waals surface area contributed by atoms with E-state index in [1.807, 2.05) is 6.07 Å². The minimum absolute atomic E-state index is 0.284. The largest absolute Gasteiger partial charge is 0.493 e. The second kappa shape index (κ2) is 4.44. The molecule has 0 atom stereocenters. The molecule has 0 unspecified atom stereocenters. The molecule has 0 bridgehead atoms. The van der Waals surface area contributed by atoms with E-state index >= 15 is 0 Å². The summed E-state index contributed by atoms with van der Waals surface area (Å²) >= 11 is 0. The van der Waals surface area contributed by atoms with Gasteiger partial charge in [-0.2, -0.15) is 0 Å². The highest BCUT2D eigenvalue weighted by Gasteiger charge is 2.19. The lowest BCUT2D eigenvalue weighted by Crippen LogP contribution is -1.97. The van der Waals surface area contributed by atoms with Crippen molar-refractivity contribution in [2.45, 2.75) is 0 Å². The van der Waals surface area contributed by atoms with Crippen LogP contribution in [0.4, 0.5) is 5.82 Å². The second-order valence-electron chi connectivity index (χ2n) is 4.12. The van der Waals surface area contributed by atoms with Gasteiger partial charge in [0.25, 0.3) is 5.71 Å². The van der Waals surface area contributed by atoms with Gasteiger partial charge in [-0.15, -0.1) is 0 Å². The number of hydrogen-bond acceptors (Lipinski definition) is 7. The van der Waals surface area contributed by atoms with E-state index < -0.39 is 0 Å². The summed E-state index contributed by atoms with van der Waals surface area (Å²) in [6.45, 7) is 0. The smallest absolute Gasteiger partial charge is 0.260 e. The molecular weight excluding hydrogens is 262 g/mol. The third kappa shape index (κ3) is 1.59. The summed E-state index contributed by atoms with van der Waals surface area (Å²) in [5.74, 6) is 1.83. The zero-order valence-electron chi connectivity index (χ0n) is 11.3. The van der Waals surface area contributed by atoms with Crippen LogP contribution in [0.15, 0.2) is 16.7 Å². The quantitative estimate of drug-likeness (QED) is 0.781. The first-order valence-corrected chi connectivity index (χ1v) is 5.84. The second-order valence-corrected chi connectivity index (χ2v) is 4.12. The van der Waals surface area contributed by atoms with E-state index in [9.17, 15) is 0 Å². The van der Waals surface area contributed by atoms with Crippen molar-refractivity contribution in [3.05, 3.63) is 12.1 Å². The van der Waals surface area contributed by atoms with Gasteiger partial charge >= 0.3 is 0 Å². The maximum absolute atomic E-state index is 5.74. The van der Waals surface area contributed by atoms with Crippen LogP contribution >= 0.6 is 0 Å². The fraction of sp³-hybridized carbons (Fsp3) is 0.231. The molecule has 0 saturated carbocycles. The SMILES string of the molecule is COc1cc2nc3onc(N)c3cc2c(OC)c1OC. The molecule has 0 aliphatic rings. The Kier molecular flexibility index (Phi) is 2.74. The van der Waals surface area contributed by atoms with Crippen LogP contribution in [0, 0.1) is 0 Å². The molecule has 0 fully saturated rings. The molecule has 0 saturated heterocycles. The van der Waals surface area contributed by atoms with Gasteiger partial charge in [0.2, 0.25) is 5.75 Å². The number of rotatable bonds is 3. The van der Waals surface area contributed by atoms with Crippen molar-refractivity contribution < 1.29 is 18.7 Å². The van der Waals surface area contributed by atoms with E-state index in [1.54, 1.807) is 27.4 Å². The van der Waals surface area contributed by atoms with E-state index in [1.165, 1.54) is 0 Å². The summed E-state index contributed by atoms with van der Waals surface area (Å²) in [6.07, 6.45) is 0. The number of hydrogen-bond donors (Lipinski definition) is 1. The van der Waals surface area contributed by atoms with Gasteiger partial charge < -0.3 is 24.5 Å². The van der Waals surface area contributed by atoms with Gasteiger partial charge in [0.05, 0.1) is 32.2 Å². The molecule has 2 aromatic heterocycles. The number of fused-ring (bicyclic) bond motifs is 2. The maximum atomic E-state index is 5.74. The number of anilines is 1. The Hall–Kier alpha value is -2.70. The number of benzene rings is 1. The Morgan fingerprint density at radius 2 is 1.75 bits per heavy atom. The molecule has 0 spiro atoms. The topological polar surface area (TPSA) is 92.6 Å². The van der Waals surface area contributed by atoms with Crippen molar-refractivity contribution >= 4 is 27.8 Å². The average Bonchev–Trinajstić information content (AvgIpc) is 2.83. The fourth-order valence-electron chi connectivity index (χ4n) is 2.17. The summed E-state index contributed by atoms with van der Waals surface area (Å²) in [7, 11) is 4.65. The Balaban J connectivity index is 2.46. The summed E-state index contributed by atoms with van der Waals surface area (Å²) in [6, 6.07) is 3.55. The molecule has 20 heavy (non-hydrogen) atoms. The summed E-state index contributed by atoms with van der Waals surface area (Å²) < 4.78 is 21.1. The molecule has 1 aromatic carbocycles. The molecule has 3 rings (SSSR count). The number of ether oxygens (including phenoxy) is 3. The number of methoxy groups -OCH3 is 3. The monoisotopic (exact) mass is 275 g/mol. The van der Waals surface area contributed by atoms with Gasteiger partial charge in [-0.1, -0.05) is 5.16 Å². The van der Waals surface area contributed by atoms with Crippen molar-refractivity contribution in [3.63, 3.8) is 0 Å². The first-order valence-electron chi connectivity index (χ1n) is 5.84. The molecule has 7 nitrogen and oxygen atoms in total. The Bertz CT molecular complexity index is 797. The van der Waals surface area contributed by atoms with Crippen LogP contribution in [0.25, 0.3) is 22.0 Å². The fourth-order valence-corrected chi connectivity index (χ4v) is 2.17. The summed E-state index contributed by atoms with van der Waals surface area (Å²) in [4.78, 5) is 4.37. The standard InChI is InChI=1S/C13H13N3O4/c1-17-9-5-8-6(10(18-2)11(9)19-3)4-7-12(14)16-20-13(7)15-8/h4-5H,1-3H3,(H2,14,16). The van der Waals surface area contributed by atoms with Gasteiger partial charge in [-0.05, 0) is 6.07 Å². The van der Waals surface area contributed by atoms with Crippen LogP contribution in [-0.4, -0.2) is 31.5 Å². The zero-order chi connectivity index (χ0) is 14.3. The van der Waals surface area contributed by atoms with Crippen LogP contribution in [-0.2, 0) is 0 Å². The van der Waals surface area contributed by atoms with Crippen molar-refractivity contribution in [2.24, 2.45) is 0 Å². The minimum atomic E-state index is 0.284. The van der Waals surface area contributed by atoms with Crippen molar-refractivity contribution in [2.75, 3.05) is 27.1 Å². The molecule has 2 heterocycles. The number of nitrogens with two attached hydrogens (primary N) is 1. The van der Waals surface area contributed by atoms with Crippen LogP contribution in [0.1, 0.15) is 0 Å². The first-order chi connectivity index (χ1) is 9.69. The van der Waals surface area contributed by atoms with Gasteiger partial charge in [-0.3, -0.25) is 0 Å².